The molecule has 0 saturated heterocycles. The van der Waals surface area contributed by atoms with Gasteiger partial charge in [0.05, 0.1) is 11.6 Å². The number of nitrogen functional groups attached to an aromatic ring is 1. The van der Waals surface area contributed by atoms with E-state index in [2.05, 4.69) is 11.9 Å². The normalized spacial score (nSPS) is 21.6. The Bertz CT molecular complexity index is 329. The topological polar surface area (TPSA) is 38.4 Å². The third kappa shape index (κ3) is 1.86. The molecule has 13 heavy (non-hydrogen) atoms. The van der Waals surface area contributed by atoms with Crippen molar-refractivity contribution in [2.75, 3.05) is 12.3 Å². The molecule has 0 saturated carbocycles. The molecule has 68 valence electrons. The minimum Gasteiger partial charge on any atom is -0.399 e. The van der Waals surface area contributed by atoms with Crippen molar-refractivity contribution in [1.29, 1.82) is 0 Å². The second kappa shape index (κ2) is 3.42. The Morgan fingerprint density at radius 3 is 2.62 bits per heavy atom. The van der Waals surface area contributed by atoms with E-state index in [0.29, 0.717) is 5.25 Å². The summed E-state index contributed by atoms with van der Waals surface area (Å²) < 4.78 is 0. The van der Waals surface area contributed by atoms with Gasteiger partial charge in [0.15, 0.2) is 0 Å². The van der Waals surface area contributed by atoms with E-state index in [4.69, 9.17) is 5.73 Å². The summed E-state index contributed by atoms with van der Waals surface area (Å²) >= 11 is 1.83. The van der Waals surface area contributed by atoms with Gasteiger partial charge in [0.25, 0.3) is 0 Å². The quantitative estimate of drug-likeness (QED) is 0.692. The van der Waals surface area contributed by atoms with Gasteiger partial charge in [-0.05, 0) is 12.1 Å². The summed E-state index contributed by atoms with van der Waals surface area (Å²) in [6, 6.07) is 7.89. The summed E-state index contributed by atoms with van der Waals surface area (Å²) in [5.41, 5.74) is 7.60. The predicted molar refractivity (Wildman–Crippen MR) is 59.3 cm³/mol. The van der Waals surface area contributed by atoms with Crippen molar-refractivity contribution < 1.29 is 0 Å². The van der Waals surface area contributed by atoms with E-state index >= 15 is 0 Å². The maximum absolute atomic E-state index is 5.61. The molecule has 3 heteroatoms. The van der Waals surface area contributed by atoms with Crippen LogP contribution in [0.15, 0.2) is 29.3 Å². The fourth-order valence-electron chi connectivity index (χ4n) is 1.26. The van der Waals surface area contributed by atoms with E-state index in [1.807, 2.05) is 36.0 Å². The summed E-state index contributed by atoms with van der Waals surface area (Å²) in [5.74, 6) is 0. The standard InChI is InChI=1S/C10H12N2S/c1-7-6-12-10(13-7)8-2-4-9(11)5-3-8/h2-5,7H,6,11H2,1H3/t7-/m0/s1. The number of thioether (sulfide) groups is 1. The van der Waals surface area contributed by atoms with Crippen molar-refractivity contribution >= 4 is 22.5 Å². The van der Waals surface area contributed by atoms with Gasteiger partial charge < -0.3 is 5.73 Å². The Balaban J connectivity index is 2.22. The van der Waals surface area contributed by atoms with Crippen molar-refractivity contribution in [3.05, 3.63) is 29.8 Å². The number of nitrogens with two attached hydrogens (primary N) is 1. The number of aliphatic imine (C=N–C) groups is 1. The van der Waals surface area contributed by atoms with Crippen LogP contribution in [0.25, 0.3) is 0 Å². The zero-order valence-electron chi connectivity index (χ0n) is 7.53. The maximum atomic E-state index is 5.61. The molecule has 0 unspecified atom stereocenters. The molecule has 0 radical (unpaired) electrons. The molecule has 1 aromatic carbocycles. The lowest BCUT2D eigenvalue weighted by molar-refractivity contribution is 0.976. The maximum Gasteiger partial charge on any atom is 0.0980 e. The Morgan fingerprint density at radius 2 is 2.08 bits per heavy atom. The predicted octanol–water partition coefficient (Wildman–Crippen LogP) is 2.15. The van der Waals surface area contributed by atoms with E-state index in [-0.39, 0.29) is 0 Å². The molecule has 1 aromatic rings. The van der Waals surface area contributed by atoms with Crippen LogP contribution in [0.1, 0.15) is 12.5 Å². The molecular formula is C10H12N2S. The molecule has 1 atom stereocenters. The first kappa shape index (κ1) is 8.63. The number of hydrogen-bond acceptors (Lipinski definition) is 3. The molecule has 0 aliphatic carbocycles. The lowest BCUT2D eigenvalue weighted by Gasteiger charge is -2.01. The molecule has 1 aliphatic heterocycles. The molecule has 0 fully saturated rings. The Morgan fingerprint density at radius 1 is 1.38 bits per heavy atom. The Hall–Kier alpha value is -0.960. The first-order chi connectivity index (χ1) is 6.25. The Kier molecular flexibility index (Phi) is 2.27. The molecule has 0 aromatic heterocycles. The zero-order valence-corrected chi connectivity index (χ0v) is 8.34. The lowest BCUT2D eigenvalue weighted by Crippen LogP contribution is -1.95. The van der Waals surface area contributed by atoms with Gasteiger partial charge in [-0.1, -0.05) is 19.1 Å². The number of anilines is 1. The summed E-state index contributed by atoms with van der Waals surface area (Å²) in [5, 5.41) is 1.76. The molecule has 0 spiro atoms. The van der Waals surface area contributed by atoms with Crippen LogP contribution in [-0.4, -0.2) is 16.8 Å². The fraction of sp³-hybridized carbons (Fsp3) is 0.300. The van der Waals surface area contributed by atoms with Gasteiger partial charge in [0, 0.05) is 16.5 Å². The Labute approximate surface area is 82.2 Å². The van der Waals surface area contributed by atoms with Gasteiger partial charge in [-0.15, -0.1) is 11.8 Å². The monoisotopic (exact) mass is 192 g/mol. The number of benzene rings is 1. The van der Waals surface area contributed by atoms with Gasteiger partial charge in [0.1, 0.15) is 0 Å². The summed E-state index contributed by atoms with van der Waals surface area (Å²) in [6.07, 6.45) is 0. The van der Waals surface area contributed by atoms with E-state index in [9.17, 15) is 0 Å². The van der Waals surface area contributed by atoms with Gasteiger partial charge in [-0.3, -0.25) is 4.99 Å². The molecule has 0 bridgehead atoms. The molecule has 1 aliphatic rings. The van der Waals surface area contributed by atoms with Crippen molar-refractivity contribution in [1.82, 2.24) is 0 Å². The second-order valence-electron chi connectivity index (χ2n) is 3.20. The van der Waals surface area contributed by atoms with Crippen molar-refractivity contribution in [2.24, 2.45) is 4.99 Å². The van der Waals surface area contributed by atoms with Crippen LogP contribution in [-0.2, 0) is 0 Å². The van der Waals surface area contributed by atoms with Crippen LogP contribution >= 0.6 is 11.8 Å². The van der Waals surface area contributed by atoms with Crippen LogP contribution in [0.3, 0.4) is 0 Å². The summed E-state index contributed by atoms with van der Waals surface area (Å²) in [6.45, 7) is 3.13. The summed E-state index contributed by atoms with van der Waals surface area (Å²) in [7, 11) is 0. The third-order valence-electron chi connectivity index (χ3n) is 1.96. The zero-order chi connectivity index (χ0) is 9.26. The van der Waals surface area contributed by atoms with Gasteiger partial charge >= 0.3 is 0 Å². The number of hydrogen-bond donors (Lipinski definition) is 1. The van der Waals surface area contributed by atoms with Gasteiger partial charge in [-0.25, -0.2) is 0 Å². The van der Waals surface area contributed by atoms with Crippen LogP contribution in [0.5, 0.6) is 0 Å². The number of rotatable bonds is 1. The molecule has 0 amide bonds. The smallest absolute Gasteiger partial charge is 0.0980 e. The average Bonchev–Trinajstić information content (AvgIpc) is 2.53. The van der Waals surface area contributed by atoms with Gasteiger partial charge in [-0.2, -0.15) is 0 Å². The highest BCUT2D eigenvalue weighted by molar-refractivity contribution is 8.15. The van der Waals surface area contributed by atoms with Crippen molar-refractivity contribution in [2.45, 2.75) is 12.2 Å². The van der Waals surface area contributed by atoms with Crippen molar-refractivity contribution in [3.8, 4) is 0 Å². The highest BCUT2D eigenvalue weighted by Crippen LogP contribution is 2.25. The number of nitrogens with zero attached hydrogens (tertiary/aromatic N) is 1. The summed E-state index contributed by atoms with van der Waals surface area (Å²) in [4.78, 5) is 4.46. The molecule has 2 nitrogen and oxygen atoms in total. The minimum absolute atomic E-state index is 0.618. The van der Waals surface area contributed by atoms with E-state index in [1.165, 1.54) is 5.56 Å². The van der Waals surface area contributed by atoms with Crippen LogP contribution in [0.2, 0.25) is 0 Å². The second-order valence-corrected chi connectivity index (χ2v) is 4.62. The molecular weight excluding hydrogens is 180 g/mol. The highest BCUT2D eigenvalue weighted by Gasteiger charge is 2.15. The van der Waals surface area contributed by atoms with Gasteiger partial charge in [0.2, 0.25) is 0 Å². The fourth-order valence-corrected chi connectivity index (χ4v) is 2.21. The lowest BCUT2D eigenvalue weighted by atomic mass is 10.2. The third-order valence-corrected chi connectivity index (χ3v) is 3.10. The molecule has 2 N–H and O–H groups in total. The van der Waals surface area contributed by atoms with Crippen molar-refractivity contribution in [3.63, 3.8) is 0 Å². The van der Waals surface area contributed by atoms with Crippen LogP contribution in [0, 0.1) is 0 Å². The average molecular weight is 192 g/mol. The largest absolute Gasteiger partial charge is 0.399 e. The van der Waals surface area contributed by atoms with Crippen LogP contribution in [0.4, 0.5) is 5.69 Å². The van der Waals surface area contributed by atoms with Crippen LogP contribution < -0.4 is 5.73 Å². The minimum atomic E-state index is 0.618. The van der Waals surface area contributed by atoms with E-state index in [1.54, 1.807) is 0 Å². The van der Waals surface area contributed by atoms with E-state index < -0.39 is 0 Å². The molecule has 1 heterocycles. The highest BCUT2D eigenvalue weighted by atomic mass is 32.2. The first-order valence-corrected chi connectivity index (χ1v) is 5.20. The first-order valence-electron chi connectivity index (χ1n) is 4.33. The SMILES string of the molecule is C[C@H]1CN=C(c2ccc(N)cc2)S1. The van der Waals surface area contributed by atoms with E-state index in [0.717, 1.165) is 17.3 Å². The molecule has 2 rings (SSSR count).